The molecule has 0 aromatic carbocycles. The number of rotatable bonds is 2. The van der Waals surface area contributed by atoms with Crippen LogP contribution in [-0.4, -0.2) is 32.0 Å². The number of allylic oxidation sites excluding steroid dienone is 3. The summed E-state index contributed by atoms with van der Waals surface area (Å²) in [5, 5.41) is 15.9. The van der Waals surface area contributed by atoms with Crippen LogP contribution in [-0.2, 0) is 8.91 Å². The summed E-state index contributed by atoms with van der Waals surface area (Å²) in [6.45, 7) is 0. The molecule has 0 fully saturated rings. The Bertz CT molecular complexity index is 207. The zero-order valence-corrected chi connectivity index (χ0v) is 11.0. The molecule has 0 aromatic rings. The van der Waals surface area contributed by atoms with Crippen molar-refractivity contribution in [1.82, 2.24) is 0 Å². The van der Waals surface area contributed by atoms with Crippen molar-refractivity contribution in [2.75, 3.05) is 0 Å². The van der Waals surface area contributed by atoms with E-state index in [2.05, 4.69) is 4.12 Å². The van der Waals surface area contributed by atoms with Crippen molar-refractivity contribution in [3.8, 4) is 6.07 Å². The Morgan fingerprint density at radius 2 is 2.00 bits per heavy atom. The van der Waals surface area contributed by atoms with E-state index in [0.717, 1.165) is 27.0 Å². The van der Waals surface area contributed by atoms with E-state index in [-0.39, 0.29) is 0 Å². The van der Waals surface area contributed by atoms with Gasteiger partial charge in [0.05, 0.1) is 6.07 Å². The molecule has 0 spiro atoms. The standard InChI is InChI=1S/C6H5NO2.H6OSi2/c7-5-3-1-2-4-6(8)9;2-1-3/h1-4H,(H,8,9);2-3H3. The molecule has 66 valence electrons. The van der Waals surface area contributed by atoms with Gasteiger partial charge in [-0.1, -0.05) is 12.2 Å². The molecule has 0 heterocycles. The maximum Gasteiger partial charge on any atom is 0.328 e. The van der Waals surface area contributed by atoms with Crippen LogP contribution in [0.2, 0.25) is 0 Å². The smallest absolute Gasteiger partial charge is 0.328 e. The number of nitriles is 1. The normalized spacial score (nSPS) is 9.58. The van der Waals surface area contributed by atoms with Gasteiger partial charge in [-0.15, -0.1) is 0 Å². The van der Waals surface area contributed by atoms with Crippen molar-refractivity contribution in [2.24, 2.45) is 0 Å². The van der Waals surface area contributed by atoms with Crippen molar-refractivity contribution < 1.29 is 14.0 Å². The fourth-order valence-electron chi connectivity index (χ4n) is 0.236. The summed E-state index contributed by atoms with van der Waals surface area (Å²) < 4.78 is 4.53. The highest BCUT2D eigenvalue weighted by Crippen LogP contribution is 1.74. The van der Waals surface area contributed by atoms with E-state index in [9.17, 15) is 4.79 Å². The number of aliphatic carboxylic acids is 1. The number of hydrogen-bond donors (Lipinski definition) is 1. The lowest BCUT2D eigenvalue weighted by Crippen LogP contribution is -1.84. The van der Waals surface area contributed by atoms with Gasteiger partial charge in [0.2, 0.25) is 0 Å². The molecule has 0 aliphatic carbocycles. The number of hydrogen-bond acceptors (Lipinski definition) is 3. The second-order valence-corrected chi connectivity index (χ2v) is 4.86. The van der Waals surface area contributed by atoms with Crippen LogP contribution in [0.4, 0.5) is 0 Å². The molecular weight excluding hydrogens is 190 g/mol. The van der Waals surface area contributed by atoms with Gasteiger partial charge in [-0.05, 0) is 0 Å². The maximum atomic E-state index is 9.76. The van der Waals surface area contributed by atoms with E-state index >= 15 is 0 Å². The molecule has 0 rings (SSSR count). The van der Waals surface area contributed by atoms with Gasteiger partial charge in [-0.25, -0.2) is 4.79 Å². The van der Waals surface area contributed by atoms with Gasteiger partial charge >= 0.3 is 5.97 Å². The minimum Gasteiger partial charge on any atom is -0.478 e. The Morgan fingerprint density at radius 1 is 1.50 bits per heavy atom. The first-order valence-corrected chi connectivity index (χ1v) is 4.68. The van der Waals surface area contributed by atoms with Crippen LogP contribution in [0.5, 0.6) is 0 Å². The molecule has 0 atom stereocenters. The molecule has 12 heavy (non-hydrogen) atoms. The van der Waals surface area contributed by atoms with Gasteiger partial charge in [-0.2, -0.15) is 5.26 Å². The number of carbonyl (C=O) groups is 1. The molecule has 1 N–H and O–H groups in total. The summed E-state index contributed by atoms with van der Waals surface area (Å²) in [6.07, 6.45) is 4.78. The fraction of sp³-hybridized carbons (Fsp3) is 0. The number of carboxylic acids is 1. The van der Waals surface area contributed by atoms with Crippen LogP contribution < -0.4 is 0 Å². The predicted octanol–water partition coefficient (Wildman–Crippen LogP) is -1.73. The molecule has 0 aromatic heterocycles. The highest BCUT2D eigenvalue weighted by atomic mass is 28.3. The summed E-state index contributed by atoms with van der Waals surface area (Å²) in [5.41, 5.74) is 0. The molecule has 0 saturated carbocycles. The van der Waals surface area contributed by atoms with Crippen LogP contribution in [0.1, 0.15) is 0 Å². The number of nitrogens with zero attached hydrogens (tertiary/aromatic N) is 1. The zero-order chi connectivity index (χ0) is 9.82. The minimum atomic E-state index is -1.02. The first-order chi connectivity index (χ1) is 5.68. The van der Waals surface area contributed by atoms with E-state index in [0.29, 0.717) is 0 Å². The second-order valence-electron chi connectivity index (χ2n) is 1.59. The minimum absolute atomic E-state index is 0.931. The van der Waals surface area contributed by atoms with Crippen molar-refractivity contribution in [3.63, 3.8) is 0 Å². The lowest BCUT2D eigenvalue weighted by molar-refractivity contribution is -0.131. The van der Waals surface area contributed by atoms with E-state index < -0.39 is 5.97 Å². The van der Waals surface area contributed by atoms with Crippen LogP contribution in [0.3, 0.4) is 0 Å². The zero-order valence-electron chi connectivity index (χ0n) is 7.02. The average Bonchev–Trinajstić information content (AvgIpc) is 1.99. The predicted molar refractivity (Wildman–Crippen MR) is 52.5 cm³/mol. The fourth-order valence-corrected chi connectivity index (χ4v) is 0.236. The van der Waals surface area contributed by atoms with E-state index in [1.165, 1.54) is 18.2 Å². The monoisotopic (exact) mass is 201 g/mol. The molecule has 0 aliphatic rings. The summed E-state index contributed by atoms with van der Waals surface area (Å²) in [7, 11) is 1.86. The molecule has 0 saturated heterocycles. The molecular formula is C6H11NO3Si2. The summed E-state index contributed by atoms with van der Waals surface area (Å²) in [5.74, 6) is -1.02. The van der Waals surface area contributed by atoms with Crippen LogP contribution in [0.25, 0.3) is 0 Å². The first-order valence-electron chi connectivity index (χ1n) is 3.05. The summed E-state index contributed by atoms with van der Waals surface area (Å²) in [4.78, 5) is 9.76. The van der Waals surface area contributed by atoms with Crippen molar-refractivity contribution in [3.05, 3.63) is 24.3 Å². The van der Waals surface area contributed by atoms with Gasteiger partial charge in [0.25, 0.3) is 0 Å². The van der Waals surface area contributed by atoms with Gasteiger partial charge < -0.3 is 9.22 Å². The van der Waals surface area contributed by atoms with Crippen molar-refractivity contribution >= 4 is 26.9 Å². The Balaban J connectivity index is 0. The molecule has 0 aliphatic heterocycles. The Hall–Kier alpha value is -1.17. The van der Waals surface area contributed by atoms with Gasteiger partial charge in [0, 0.05) is 12.2 Å². The topological polar surface area (TPSA) is 70.3 Å². The lowest BCUT2D eigenvalue weighted by atomic mass is 10.4. The average molecular weight is 201 g/mol. The first kappa shape index (κ1) is 13.4. The van der Waals surface area contributed by atoms with Gasteiger partial charge in [0.1, 0.15) is 21.0 Å². The van der Waals surface area contributed by atoms with E-state index in [4.69, 9.17) is 10.4 Å². The second kappa shape index (κ2) is 12.5. The quantitative estimate of drug-likeness (QED) is 0.249. The van der Waals surface area contributed by atoms with E-state index in [1.54, 1.807) is 6.07 Å². The largest absolute Gasteiger partial charge is 0.478 e. The SMILES string of the molecule is N#CC=CC=CC(=O)O.[SiH3]O[SiH3]. The van der Waals surface area contributed by atoms with Crippen molar-refractivity contribution in [2.45, 2.75) is 0 Å². The lowest BCUT2D eigenvalue weighted by Gasteiger charge is -1.71. The third kappa shape index (κ3) is 23.2. The maximum absolute atomic E-state index is 9.76. The highest BCUT2D eigenvalue weighted by molar-refractivity contribution is 6.15. The van der Waals surface area contributed by atoms with Crippen LogP contribution >= 0.6 is 0 Å². The third-order valence-electron chi connectivity index (χ3n) is 0.521. The molecule has 0 unspecified atom stereocenters. The Labute approximate surface area is 77.2 Å². The number of carboxylic acid groups (broad SMARTS) is 1. The third-order valence-corrected chi connectivity index (χ3v) is 0.521. The van der Waals surface area contributed by atoms with Crippen LogP contribution in [0.15, 0.2) is 24.3 Å². The van der Waals surface area contributed by atoms with Gasteiger partial charge in [0.15, 0.2) is 0 Å². The van der Waals surface area contributed by atoms with Gasteiger partial charge in [-0.3, -0.25) is 0 Å². The molecule has 0 bridgehead atoms. The summed E-state index contributed by atoms with van der Waals surface area (Å²) in [6, 6.07) is 1.72. The molecule has 0 radical (unpaired) electrons. The Kier molecular flexibility index (Phi) is 14.0. The highest BCUT2D eigenvalue weighted by Gasteiger charge is 1.78. The van der Waals surface area contributed by atoms with Crippen LogP contribution in [0, 0.1) is 11.3 Å². The van der Waals surface area contributed by atoms with E-state index in [1.807, 2.05) is 0 Å². The van der Waals surface area contributed by atoms with Crippen molar-refractivity contribution in [1.29, 1.82) is 5.26 Å². The summed E-state index contributed by atoms with van der Waals surface area (Å²) >= 11 is 0. The molecule has 4 nitrogen and oxygen atoms in total. The Morgan fingerprint density at radius 3 is 2.33 bits per heavy atom. The molecule has 6 heteroatoms. The molecule has 0 amide bonds.